The van der Waals surface area contributed by atoms with Gasteiger partial charge in [-0.15, -0.1) is 0 Å². The van der Waals surface area contributed by atoms with Crippen LogP contribution in [0.25, 0.3) is 0 Å². The van der Waals surface area contributed by atoms with Gasteiger partial charge in [0.15, 0.2) is 0 Å². The maximum absolute atomic E-state index is 13.1. The number of hydrogen-bond acceptors (Lipinski definition) is 2. The Bertz CT molecular complexity index is 513. The van der Waals surface area contributed by atoms with E-state index >= 15 is 0 Å². The lowest BCUT2D eigenvalue weighted by molar-refractivity contribution is 0.102. The van der Waals surface area contributed by atoms with E-state index in [1.165, 1.54) is 24.5 Å². The van der Waals surface area contributed by atoms with Gasteiger partial charge in [-0.05, 0) is 18.2 Å². The molecule has 1 amide bonds. The van der Waals surface area contributed by atoms with E-state index in [9.17, 15) is 9.18 Å². The summed E-state index contributed by atoms with van der Waals surface area (Å²) in [5.41, 5.74) is 0.712. The second-order valence-electron chi connectivity index (χ2n) is 3.07. The molecule has 0 unspecified atom stereocenters. The smallest absolute Gasteiger partial charge is 0.255 e. The molecule has 0 aliphatic heterocycles. The van der Waals surface area contributed by atoms with Crippen LogP contribution in [-0.4, -0.2) is 16.1 Å². The lowest BCUT2D eigenvalue weighted by atomic mass is 10.2. The minimum Gasteiger partial charge on any atom is -0.319 e. The van der Waals surface area contributed by atoms with Crippen molar-refractivity contribution in [2.45, 2.75) is 0 Å². The topological polar surface area (TPSA) is 57.8 Å². The van der Waals surface area contributed by atoms with Gasteiger partial charge in [0.2, 0.25) is 0 Å². The maximum Gasteiger partial charge on any atom is 0.255 e. The average Bonchev–Trinajstić information content (AvgIpc) is 2.74. The summed E-state index contributed by atoms with van der Waals surface area (Å²) in [7, 11) is 0. The molecule has 0 bridgehead atoms. The highest BCUT2D eigenvalue weighted by molar-refractivity contribution is 6.30. The number of aromatic nitrogens is 2. The number of rotatable bonds is 2. The number of halogens is 2. The van der Waals surface area contributed by atoms with E-state index in [0.717, 1.165) is 6.07 Å². The lowest BCUT2D eigenvalue weighted by Crippen LogP contribution is -2.11. The number of carbonyl (C=O) groups is 1. The molecule has 16 heavy (non-hydrogen) atoms. The van der Waals surface area contributed by atoms with Crippen molar-refractivity contribution >= 4 is 23.2 Å². The Hall–Kier alpha value is -1.88. The zero-order valence-corrected chi connectivity index (χ0v) is 8.75. The Morgan fingerprint density at radius 1 is 1.50 bits per heavy atom. The number of benzene rings is 1. The van der Waals surface area contributed by atoms with Crippen molar-refractivity contribution in [3.63, 3.8) is 0 Å². The molecular weight excluding hydrogens is 233 g/mol. The molecule has 0 aliphatic carbocycles. The van der Waals surface area contributed by atoms with Crippen LogP contribution >= 0.6 is 11.6 Å². The summed E-state index contributed by atoms with van der Waals surface area (Å²) < 4.78 is 13.1. The molecular formula is C10H7ClFN3O. The third kappa shape index (κ3) is 2.20. The van der Waals surface area contributed by atoms with E-state index in [1.54, 1.807) is 0 Å². The molecule has 1 aromatic carbocycles. The zero-order chi connectivity index (χ0) is 11.5. The number of H-pyrrole nitrogens is 1. The average molecular weight is 240 g/mol. The van der Waals surface area contributed by atoms with Crippen LogP contribution in [0.2, 0.25) is 5.02 Å². The predicted octanol–water partition coefficient (Wildman–Crippen LogP) is 2.45. The van der Waals surface area contributed by atoms with E-state index < -0.39 is 11.7 Å². The Balaban J connectivity index is 2.18. The van der Waals surface area contributed by atoms with Gasteiger partial charge in [-0.1, -0.05) is 11.6 Å². The van der Waals surface area contributed by atoms with Crippen LogP contribution < -0.4 is 5.32 Å². The number of amides is 1. The molecule has 82 valence electrons. The van der Waals surface area contributed by atoms with E-state index in [4.69, 9.17) is 11.6 Å². The third-order valence-corrected chi connectivity index (χ3v) is 2.24. The highest BCUT2D eigenvalue weighted by atomic mass is 35.5. The van der Waals surface area contributed by atoms with Gasteiger partial charge in [0, 0.05) is 11.8 Å². The molecule has 2 rings (SSSR count). The van der Waals surface area contributed by atoms with Gasteiger partial charge >= 0.3 is 0 Å². The van der Waals surface area contributed by atoms with Crippen LogP contribution in [0.3, 0.4) is 0 Å². The number of aromatic amines is 1. The molecule has 0 atom stereocenters. The van der Waals surface area contributed by atoms with Crippen molar-refractivity contribution in [3.8, 4) is 0 Å². The lowest BCUT2D eigenvalue weighted by Gasteiger charge is -2.02. The fourth-order valence-corrected chi connectivity index (χ4v) is 1.28. The fourth-order valence-electron chi connectivity index (χ4n) is 1.16. The first-order chi connectivity index (χ1) is 7.66. The molecule has 6 heteroatoms. The van der Waals surface area contributed by atoms with Gasteiger partial charge < -0.3 is 5.32 Å². The van der Waals surface area contributed by atoms with E-state index in [1.807, 2.05) is 0 Å². The molecule has 1 aromatic heterocycles. The Labute approximate surface area is 95.4 Å². The molecule has 2 aromatic rings. The molecule has 4 nitrogen and oxygen atoms in total. The minimum absolute atomic E-state index is 0.0140. The van der Waals surface area contributed by atoms with Gasteiger partial charge in [0.05, 0.1) is 16.9 Å². The van der Waals surface area contributed by atoms with Gasteiger partial charge in [-0.2, -0.15) is 5.10 Å². The third-order valence-electron chi connectivity index (χ3n) is 1.94. The molecule has 0 spiro atoms. The van der Waals surface area contributed by atoms with Gasteiger partial charge in [-0.25, -0.2) is 4.39 Å². The van der Waals surface area contributed by atoms with Crippen molar-refractivity contribution in [2.24, 2.45) is 0 Å². The fraction of sp³-hybridized carbons (Fsp3) is 0. The van der Waals surface area contributed by atoms with Crippen LogP contribution in [0.15, 0.2) is 30.6 Å². The summed E-state index contributed by atoms with van der Waals surface area (Å²) >= 11 is 5.51. The first-order valence-electron chi connectivity index (χ1n) is 4.42. The largest absolute Gasteiger partial charge is 0.319 e. The van der Waals surface area contributed by atoms with Crippen molar-refractivity contribution in [1.29, 1.82) is 0 Å². The summed E-state index contributed by atoms with van der Waals surface area (Å²) in [6.45, 7) is 0. The Morgan fingerprint density at radius 3 is 2.94 bits per heavy atom. The SMILES string of the molecule is O=C(Nc1cn[nH]c1)c1ccc(Cl)c(F)c1. The van der Waals surface area contributed by atoms with Gasteiger partial charge in [0.25, 0.3) is 5.91 Å². The Morgan fingerprint density at radius 2 is 2.31 bits per heavy atom. The summed E-state index contributed by atoms with van der Waals surface area (Å²) in [6, 6.07) is 3.86. The quantitative estimate of drug-likeness (QED) is 0.846. The number of hydrogen-bond donors (Lipinski definition) is 2. The summed E-state index contributed by atoms with van der Waals surface area (Å²) in [5.74, 6) is -1.04. The van der Waals surface area contributed by atoms with Crippen LogP contribution in [0.5, 0.6) is 0 Å². The van der Waals surface area contributed by atoms with Gasteiger partial charge in [-0.3, -0.25) is 9.89 Å². The molecule has 1 heterocycles. The first kappa shape index (κ1) is 10.6. The van der Waals surface area contributed by atoms with Gasteiger partial charge in [0.1, 0.15) is 5.82 Å². The minimum atomic E-state index is -0.624. The summed E-state index contributed by atoms with van der Waals surface area (Å²) in [5, 5.41) is 8.74. The zero-order valence-electron chi connectivity index (χ0n) is 8.00. The number of anilines is 1. The standard InChI is InChI=1S/C10H7ClFN3O/c11-8-2-1-6(3-9(8)12)10(16)15-7-4-13-14-5-7/h1-5H,(H,13,14)(H,15,16). The van der Waals surface area contributed by atoms with E-state index in [2.05, 4.69) is 15.5 Å². The maximum atomic E-state index is 13.1. The van der Waals surface area contributed by atoms with Crippen LogP contribution in [0, 0.1) is 5.82 Å². The summed E-state index contributed by atoms with van der Waals surface area (Å²) in [6.07, 6.45) is 2.97. The van der Waals surface area contributed by atoms with Crippen LogP contribution in [-0.2, 0) is 0 Å². The Kier molecular flexibility index (Phi) is 2.87. The van der Waals surface area contributed by atoms with Crippen LogP contribution in [0.4, 0.5) is 10.1 Å². The molecule has 0 fully saturated rings. The number of nitrogens with one attached hydrogen (secondary N) is 2. The van der Waals surface area contributed by atoms with Crippen LogP contribution in [0.1, 0.15) is 10.4 Å². The van der Waals surface area contributed by atoms with Crippen molar-refractivity contribution < 1.29 is 9.18 Å². The van der Waals surface area contributed by atoms with E-state index in [-0.39, 0.29) is 10.6 Å². The predicted molar refractivity (Wildman–Crippen MR) is 58.0 cm³/mol. The summed E-state index contributed by atoms with van der Waals surface area (Å²) in [4.78, 5) is 11.6. The highest BCUT2D eigenvalue weighted by Gasteiger charge is 2.09. The molecule has 0 saturated heterocycles. The van der Waals surface area contributed by atoms with Crippen molar-refractivity contribution in [1.82, 2.24) is 10.2 Å². The monoisotopic (exact) mass is 239 g/mol. The molecule has 0 saturated carbocycles. The van der Waals surface area contributed by atoms with E-state index in [0.29, 0.717) is 5.69 Å². The molecule has 0 radical (unpaired) electrons. The highest BCUT2D eigenvalue weighted by Crippen LogP contribution is 2.16. The first-order valence-corrected chi connectivity index (χ1v) is 4.80. The second-order valence-corrected chi connectivity index (χ2v) is 3.48. The van der Waals surface area contributed by atoms with Crippen molar-refractivity contribution in [2.75, 3.05) is 5.32 Å². The number of nitrogens with zero attached hydrogens (tertiary/aromatic N) is 1. The second kappa shape index (κ2) is 4.32. The number of carbonyl (C=O) groups excluding carboxylic acids is 1. The van der Waals surface area contributed by atoms with Crippen molar-refractivity contribution in [3.05, 3.63) is 47.0 Å². The molecule has 2 N–H and O–H groups in total. The normalized spacial score (nSPS) is 10.1. The molecule has 0 aliphatic rings.